The topological polar surface area (TPSA) is 115 Å². The van der Waals surface area contributed by atoms with Gasteiger partial charge in [0.1, 0.15) is 22.3 Å². The van der Waals surface area contributed by atoms with Gasteiger partial charge in [-0.1, -0.05) is 30.3 Å². The van der Waals surface area contributed by atoms with E-state index >= 15 is 0 Å². The molecule has 0 spiro atoms. The van der Waals surface area contributed by atoms with Gasteiger partial charge in [-0.15, -0.1) is 16.4 Å². The maximum absolute atomic E-state index is 13.8. The van der Waals surface area contributed by atoms with Crippen LogP contribution in [-0.4, -0.2) is 51.4 Å². The van der Waals surface area contributed by atoms with Crippen LogP contribution in [0.4, 0.5) is 0 Å². The molecule has 9 nitrogen and oxygen atoms in total. The summed E-state index contributed by atoms with van der Waals surface area (Å²) in [5, 5.41) is 19.0. The van der Waals surface area contributed by atoms with Crippen molar-refractivity contribution in [3.63, 3.8) is 0 Å². The lowest BCUT2D eigenvalue weighted by Gasteiger charge is -2.31. The Morgan fingerprint density at radius 1 is 1.20 bits per heavy atom. The van der Waals surface area contributed by atoms with Gasteiger partial charge in [-0.05, 0) is 82.0 Å². The number of aliphatic carboxylic acids is 1. The second-order valence-corrected chi connectivity index (χ2v) is 14.3. The van der Waals surface area contributed by atoms with Crippen LogP contribution in [0.1, 0.15) is 66.5 Å². The van der Waals surface area contributed by atoms with Gasteiger partial charge < -0.3 is 9.84 Å². The van der Waals surface area contributed by atoms with Crippen molar-refractivity contribution in [2.24, 2.45) is 5.41 Å². The highest BCUT2D eigenvalue weighted by molar-refractivity contribution is 7.89. The van der Waals surface area contributed by atoms with Crippen LogP contribution >= 0.6 is 11.3 Å². The van der Waals surface area contributed by atoms with Gasteiger partial charge in [-0.3, -0.25) is 4.79 Å². The second kappa shape index (κ2) is 10.8. The lowest BCUT2D eigenvalue weighted by atomic mass is 9.72. The fraction of sp³-hybridized carbons (Fsp3) is 0.433. The minimum atomic E-state index is -3.81. The van der Waals surface area contributed by atoms with Gasteiger partial charge in [0.05, 0.1) is 17.5 Å². The largest absolute Gasteiger partial charge is 0.488 e. The third-order valence-corrected chi connectivity index (χ3v) is 11.2. The number of benzene rings is 2. The van der Waals surface area contributed by atoms with Crippen molar-refractivity contribution in [2.75, 3.05) is 6.54 Å². The van der Waals surface area contributed by atoms with Crippen LogP contribution in [-0.2, 0) is 27.9 Å². The molecule has 1 N–H and O–H groups in total. The molecular weight excluding hydrogens is 560 g/mol. The number of carboxylic acid groups (broad SMARTS) is 1. The van der Waals surface area contributed by atoms with Gasteiger partial charge in [0.2, 0.25) is 10.0 Å². The second-order valence-electron chi connectivity index (χ2n) is 11.1. The van der Waals surface area contributed by atoms with Gasteiger partial charge in [0.15, 0.2) is 0 Å². The highest BCUT2D eigenvalue weighted by atomic mass is 32.2. The van der Waals surface area contributed by atoms with Crippen molar-refractivity contribution >= 4 is 38.4 Å². The number of aryl methyl sites for hydroxylation is 3. The van der Waals surface area contributed by atoms with E-state index in [4.69, 9.17) is 4.74 Å². The minimum absolute atomic E-state index is 0.165. The molecule has 0 radical (unpaired) electrons. The monoisotopic (exact) mass is 596 g/mol. The Morgan fingerprint density at radius 2 is 1.93 bits per heavy atom. The van der Waals surface area contributed by atoms with E-state index in [0.717, 1.165) is 37.5 Å². The van der Waals surface area contributed by atoms with Crippen molar-refractivity contribution in [2.45, 2.75) is 78.0 Å². The third-order valence-electron chi connectivity index (χ3n) is 8.16. The zero-order valence-electron chi connectivity index (χ0n) is 24.2. The molecule has 0 amide bonds. The Kier molecular flexibility index (Phi) is 7.73. The average Bonchev–Trinajstić information content (AvgIpc) is 3.49. The maximum atomic E-state index is 13.8. The van der Waals surface area contributed by atoms with Crippen LogP contribution in [0.3, 0.4) is 0 Å². The Bertz CT molecular complexity index is 1720. The molecule has 1 aliphatic heterocycles. The van der Waals surface area contributed by atoms with Gasteiger partial charge in [0.25, 0.3) is 0 Å². The van der Waals surface area contributed by atoms with E-state index < -0.39 is 27.3 Å². The predicted molar refractivity (Wildman–Crippen MR) is 159 cm³/mol. The van der Waals surface area contributed by atoms with E-state index in [1.807, 2.05) is 50.6 Å². The van der Waals surface area contributed by atoms with Crippen LogP contribution in [0.5, 0.6) is 5.75 Å². The quantitative estimate of drug-likeness (QED) is 0.276. The van der Waals surface area contributed by atoms with Crippen molar-refractivity contribution in [3.8, 4) is 5.75 Å². The summed E-state index contributed by atoms with van der Waals surface area (Å²) in [6.07, 6.45) is 0.379. The molecule has 2 aromatic heterocycles. The molecule has 3 heterocycles. The molecule has 41 heavy (non-hydrogen) atoms. The number of para-hydroxylation sites is 1. The zero-order chi connectivity index (χ0) is 29.7. The van der Waals surface area contributed by atoms with Gasteiger partial charge in [0, 0.05) is 28.8 Å². The summed E-state index contributed by atoms with van der Waals surface area (Å²) < 4.78 is 36.9. The number of thiophene rings is 1. The van der Waals surface area contributed by atoms with Gasteiger partial charge >= 0.3 is 5.97 Å². The Morgan fingerprint density at radius 3 is 2.61 bits per heavy atom. The number of rotatable bonds is 8. The normalized spacial score (nSPS) is 18.0. The van der Waals surface area contributed by atoms with E-state index in [1.54, 1.807) is 38.1 Å². The first-order valence-electron chi connectivity index (χ1n) is 13.8. The number of fused-ring (bicyclic) bond motifs is 2. The number of hydrogen-bond donors (Lipinski definition) is 1. The number of ether oxygens (including phenoxy) is 1. The average molecular weight is 597 g/mol. The van der Waals surface area contributed by atoms with Crippen molar-refractivity contribution in [3.05, 3.63) is 68.9 Å². The molecule has 1 unspecified atom stereocenters. The van der Waals surface area contributed by atoms with Crippen molar-refractivity contribution in [1.82, 2.24) is 19.3 Å². The molecular formula is C30H36N4O5S2. The summed E-state index contributed by atoms with van der Waals surface area (Å²) in [5.74, 6) is -1.03. The van der Waals surface area contributed by atoms with E-state index in [-0.39, 0.29) is 24.1 Å². The number of nitrogens with zero attached hydrogens (tertiary/aromatic N) is 4. The van der Waals surface area contributed by atoms with E-state index in [0.29, 0.717) is 18.7 Å². The lowest BCUT2D eigenvalue weighted by molar-refractivity contribution is -0.147. The SMILES string of the molecule is CC[C@@H]1CN(Cc2cc(C(c3ccc4c(nnn4CC)c3C)C(C)(C)C(=O)O)sc2C)S(=O)(=O)c2ccccc2O1. The summed E-state index contributed by atoms with van der Waals surface area (Å²) >= 11 is 1.51. The fourth-order valence-electron chi connectivity index (χ4n) is 5.59. The van der Waals surface area contributed by atoms with Crippen LogP contribution in [0.25, 0.3) is 11.0 Å². The molecule has 0 saturated carbocycles. The molecule has 0 fully saturated rings. The van der Waals surface area contributed by atoms with E-state index in [1.165, 1.54) is 15.6 Å². The van der Waals surface area contributed by atoms with Crippen molar-refractivity contribution < 1.29 is 23.1 Å². The highest BCUT2D eigenvalue weighted by Gasteiger charge is 2.42. The molecule has 1 aliphatic rings. The standard InChI is InChI=1S/C30H36N4O5S2/c1-7-21-17-33(41(37,38)26-12-10-9-11-24(26)39-21)16-20-15-25(40-19(20)4)27(30(5,6)29(35)36)22-13-14-23-28(18(22)3)31-32-34(23)8-2/h9-15,21,27H,7-8,16-17H2,1-6H3,(H,35,36)/t21-,27?/m1/s1. The molecule has 0 aliphatic carbocycles. The van der Waals surface area contributed by atoms with Crippen LogP contribution in [0.2, 0.25) is 0 Å². The molecule has 218 valence electrons. The zero-order valence-corrected chi connectivity index (χ0v) is 25.8. The van der Waals surface area contributed by atoms with Crippen LogP contribution < -0.4 is 4.74 Å². The van der Waals surface area contributed by atoms with E-state index in [9.17, 15) is 18.3 Å². The highest BCUT2D eigenvalue weighted by Crippen LogP contribution is 2.47. The van der Waals surface area contributed by atoms with E-state index in [2.05, 4.69) is 10.3 Å². The summed E-state index contributed by atoms with van der Waals surface area (Å²) in [7, 11) is -3.81. The Hall–Kier alpha value is -3.28. The first-order chi connectivity index (χ1) is 19.4. The first-order valence-corrected chi connectivity index (χ1v) is 16.1. The molecule has 0 saturated heterocycles. The first kappa shape index (κ1) is 29.2. The maximum Gasteiger partial charge on any atom is 0.310 e. The Labute approximate surface area is 244 Å². The smallest absolute Gasteiger partial charge is 0.310 e. The summed E-state index contributed by atoms with van der Waals surface area (Å²) in [6, 6.07) is 12.7. The van der Waals surface area contributed by atoms with Crippen LogP contribution in [0, 0.1) is 19.3 Å². The predicted octanol–water partition coefficient (Wildman–Crippen LogP) is 5.73. The molecule has 11 heteroatoms. The number of hydrogen-bond acceptors (Lipinski definition) is 7. The van der Waals surface area contributed by atoms with Crippen LogP contribution in [0.15, 0.2) is 47.4 Å². The minimum Gasteiger partial charge on any atom is -0.488 e. The summed E-state index contributed by atoms with van der Waals surface area (Å²) in [4.78, 5) is 14.6. The molecule has 2 aromatic carbocycles. The summed E-state index contributed by atoms with van der Waals surface area (Å²) in [6.45, 7) is 12.5. The number of carbonyl (C=O) groups is 1. The van der Waals surface area contributed by atoms with Gasteiger partial charge in [-0.25, -0.2) is 13.1 Å². The number of sulfonamides is 1. The fourth-order valence-corrected chi connectivity index (χ4v) is 8.51. The molecule has 2 atom stereocenters. The number of carboxylic acids is 1. The number of aromatic nitrogens is 3. The van der Waals surface area contributed by atoms with Crippen molar-refractivity contribution in [1.29, 1.82) is 0 Å². The lowest BCUT2D eigenvalue weighted by Crippen LogP contribution is -2.36. The molecule has 0 bridgehead atoms. The van der Waals surface area contributed by atoms with Gasteiger partial charge in [-0.2, -0.15) is 4.31 Å². The Balaban J connectivity index is 1.59. The molecule has 5 rings (SSSR count). The third kappa shape index (κ3) is 5.04. The summed E-state index contributed by atoms with van der Waals surface area (Å²) in [5.41, 5.74) is 3.12. The molecule has 4 aromatic rings.